The fourth-order valence-electron chi connectivity index (χ4n) is 1.74. The predicted molar refractivity (Wildman–Crippen MR) is 77.4 cm³/mol. The highest BCUT2D eigenvalue weighted by atomic mass is 79.9. The first-order chi connectivity index (χ1) is 8.63. The summed E-state index contributed by atoms with van der Waals surface area (Å²) < 4.78 is 3.22. The molecule has 3 nitrogen and oxygen atoms in total. The second-order valence-corrected chi connectivity index (χ2v) is 5.62. The lowest BCUT2D eigenvalue weighted by Gasteiger charge is -2.05. The third kappa shape index (κ3) is 3.96. The van der Waals surface area contributed by atoms with Crippen molar-refractivity contribution in [2.24, 2.45) is 0 Å². The molecule has 0 spiro atoms. The van der Waals surface area contributed by atoms with Gasteiger partial charge in [0.1, 0.15) is 0 Å². The van der Waals surface area contributed by atoms with Crippen molar-refractivity contribution in [3.05, 3.63) is 52.5 Å². The van der Waals surface area contributed by atoms with Crippen molar-refractivity contribution < 1.29 is 0 Å². The largest absolute Gasteiger partial charge is 0.333 e. The minimum Gasteiger partial charge on any atom is -0.333 e. The Hall–Kier alpha value is -1.13. The lowest BCUT2D eigenvalue weighted by atomic mass is 10.2. The fraction of sp³-hybridized carbons (Fsp3) is 0.357. The predicted octanol–water partition coefficient (Wildman–Crippen LogP) is 3.19. The maximum absolute atomic E-state index is 4.40. The van der Waals surface area contributed by atoms with Crippen LogP contribution in [0, 0.1) is 0 Å². The molecule has 0 bridgehead atoms. The summed E-state index contributed by atoms with van der Waals surface area (Å²) in [5.41, 5.74) is 2.35. The number of rotatable bonds is 5. The molecule has 2 rings (SSSR count). The van der Waals surface area contributed by atoms with Gasteiger partial charge in [0.15, 0.2) is 0 Å². The molecule has 18 heavy (non-hydrogen) atoms. The number of imidazole rings is 1. The summed E-state index contributed by atoms with van der Waals surface area (Å²) in [5, 5.41) is 3.36. The van der Waals surface area contributed by atoms with E-state index in [2.05, 4.69) is 69.0 Å². The summed E-state index contributed by atoms with van der Waals surface area (Å²) in [6.45, 7) is 5.95. The maximum atomic E-state index is 4.40. The molecule has 1 N–H and O–H groups in total. The molecular formula is C14H18BrN3. The number of nitrogens with zero attached hydrogens (tertiary/aromatic N) is 2. The summed E-state index contributed by atoms with van der Waals surface area (Å²) in [7, 11) is 0. The third-order valence-corrected chi connectivity index (χ3v) is 3.13. The first-order valence-electron chi connectivity index (χ1n) is 6.12. The molecular weight excluding hydrogens is 290 g/mol. The van der Waals surface area contributed by atoms with Crippen molar-refractivity contribution in [2.75, 3.05) is 0 Å². The average molecular weight is 308 g/mol. The number of halogens is 1. The third-order valence-electron chi connectivity index (χ3n) is 2.63. The maximum Gasteiger partial charge on any atom is 0.0953 e. The zero-order valence-corrected chi connectivity index (χ0v) is 12.3. The quantitative estimate of drug-likeness (QED) is 0.919. The Kier molecular flexibility index (Phi) is 4.55. The lowest BCUT2D eigenvalue weighted by molar-refractivity contribution is 0.582. The smallest absolute Gasteiger partial charge is 0.0953 e. The minimum absolute atomic E-state index is 0.486. The molecule has 2 aromatic rings. The number of hydrogen-bond acceptors (Lipinski definition) is 2. The molecule has 4 heteroatoms. The van der Waals surface area contributed by atoms with Gasteiger partial charge >= 0.3 is 0 Å². The van der Waals surface area contributed by atoms with Crippen LogP contribution in [0.3, 0.4) is 0 Å². The summed E-state index contributed by atoms with van der Waals surface area (Å²) in [5.74, 6) is 0. The van der Waals surface area contributed by atoms with Crippen LogP contribution in [0.25, 0.3) is 0 Å². The fourth-order valence-corrected chi connectivity index (χ4v) is 2.19. The van der Waals surface area contributed by atoms with Gasteiger partial charge in [-0.2, -0.15) is 0 Å². The first kappa shape index (κ1) is 13.3. The summed E-state index contributed by atoms with van der Waals surface area (Å²) in [4.78, 5) is 4.40. The van der Waals surface area contributed by atoms with Crippen LogP contribution >= 0.6 is 15.9 Å². The number of benzene rings is 1. The van der Waals surface area contributed by atoms with E-state index in [0.717, 1.165) is 23.3 Å². The zero-order valence-electron chi connectivity index (χ0n) is 10.7. The van der Waals surface area contributed by atoms with Crippen molar-refractivity contribution >= 4 is 15.9 Å². The lowest BCUT2D eigenvalue weighted by Crippen LogP contribution is -2.21. The van der Waals surface area contributed by atoms with E-state index in [1.54, 1.807) is 0 Å². The summed E-state index contributed by atoms with van der Waals surface area (Å²) in [6.07, 6.45) is 3.98. The number of nitrogens with one attached hydrogen (secondary N) is 1. The van der Waals surface area contributed by atoms with E-state index in [9.17, 15) is 0 Å². The van der Waals surface area contributed by atoms with E-state index < -0.39 is 0 Å². The van der Waals surface area contributed by atoms with Crippen LogP contribution in [0.5, 0.6) is 0 Å². The van der Waals surface area contributed by atoms with Crippen LogP contribution in [-0.2, 0) is 13.1 Å². The van der Waals surface area contributed by atoms with Gasteiger partial charge in [0.05, 0.1) is 12.0 Å². The number of aromatic nitrogens is 2. The molecule has 0 amide bonds. The Bertz CT molecular complexity index is 505. The molecule has 1 heterocycles. The molecule has 0 saturated carbocycles. The van der Waals surface area contributed by atoms with Gasteiger partial charge in [0.25, 0.3) is 0 Å². The van der Waals surface area contributed by atoms with E-state index in [0.29, 0.717) is 6.04 Å². The van der Waals surface area contributed by atoms with Crippen LogP contribution < -0.4 is 5.32 Å². The molecule has 0 unspecified atom stereocenters. The molecule has 0 atom stereocenters. The van der Waals surface area contributed by atoms with Gasteiger partial charge in [0.2, 0.25) is 0 Å². The van der Waals surface area contributed by atoms with Gasteiger partial charge in [-0.1, -0.05) is 41.9 Å². The van der Waals surface area contributed by atoms with Crippen molar-refractivity contribution in [3.63, 3.8) is 0 Å². The van der Waals surface area contributed by atoms with Crippen molar-refractivity contribution in [2.45, 2.75) is 33.0 Å². The van der Waals surface area contributed by atoms with Crippen LogP contribution in [0.4, 0.5) is 0 Å². The average Bonchev–Trinajstić information content (AvgIpc) is 2.74. The second kappa shape index (κ2) is 6.16. The molecule has 0 aliphatic heterocycles. The Morgan fingerprint density at radius 1 is 1.39 bits per heavy atom. The summed E-state index contributed by atoms with van der Waals surface area (Å²) in [6, 6.07) is 8.83. The van der Waals surface area contributed by atoms with Crippen molar-refractivity contribution in [1.82, 2.24) is 14.9 Å². The second-order valence-electron chi connectivity index (χ2n) is 4.70. The SMILES string of the molecule is CC(C)NCc1cn(Cc2cccc(Br)c2)cn1. The Morgan fingerprint density at radius 2 is 2.22 bits per heavy atom. The Balaban J connectivity index is 1.98. The van der Waals surface area contributed by atoms with Crippen LogP contribution in [0.2, 0.25) is 0 Å². The van der Waals surface area contributed by atoms with Gasteiger partial charge in [-0.3, -0.25) is 0 Å². The van der Waals surface area contributed by atoms with Gasteiger partial charge in [0, 0.05) is 29.8 Å². The van der Waals surface area contributed by atoms with Crippen LogP contribution in [0.15, 0.2) is 41.3 Å². The molecule has 0 aliphatic carbocycles. The van der Waals surface area contributed by atoms with Gasteiger partial charge in [-0.25, -0.2) is 4.98 Å². The number of hydrogen-bond donors (Lipinski definition) is 1. The highest BCUT2D eigenvalue weighted by Crippen LogP contribution is 2.12. The zero-order chi connectivity index (χ0) is 13.0. The topological polar surface area (TPSA) is 29.9 Å². The molecule has 96 valence electrons. The van der Waals surface area contributed by atoms with Crippen LogP contribution in [0.1, 0.15) is 25.1 Å². The van der Waals surface area contributed by atoms with Crippen LogP contribution in [-0.4, -0.2) is 15.6 Å². The van der Waals surface area contributed by atoms with E-state index in [1.807, 2.05) is 12.4 Å². The van der Waals surface area contributed by atoms with E-state index in [4.69, 9.17) is 0 Å². The molecule has 0 saturated heterocycles. The Labute approximate surface area is 116 Å². The molecule has 1 aromatic heterocycles. The minimum atomic E-state index is 0.486. The van der Waals surface area contributed by atoms with Crippen molar-refractivity contribution in [3.8, 4) is 0 Å². The molecule has 0 radical (unpaired) electrons. The normalized spacial score (nSPS) is 11.1. The Morgan fingerprint density at radius 3 is 2.94 bits per heavy atom. The molecule has 0 fully saturated rings. The highest BCUT2D eigenvalue weighted by molar-refractivity contribution is 9.10. The monoisotopic (exact) mass is 307 g/mol. The molecule has 0 aliphatic rings. The van der Waals surface area contributed by atoms with E-state index in [-0.39, 0.29) is 0 Å². The van der Waals surface area contributed by atoms with Crippen molar-refractivity contribution in [1.29, 1.82) is 0 Å². The standard InChI is InChI=1S/C14H18BrN3/c1-11(2)16-7-14-9-18(10-17-14)8-12-4-3-5-13(15)6-12/h3-6,9-11,16H,7-8H2,1-2H3. The van der Waals surface area contributed by atoms with Gasteiger partial charge in [-0.05, 0) is 17.7 Å². The van der Waals surface area contributed by atoms with Gasteiger partial charge in [-0.15, -0.1) is 0 Å². The first-order valence-corrected chi connectivity index (χ1v) is 6.91. The highest BCUT2D eigenvalue weighted by Gasteiger charge is 2.01. The van der Waals surface area contributed by atoms with E-state index in [1.165, 1.54) is 5.56 Å². The van der Waals surface area contributed by atoms with Gasteiger partial charge < -0.3 is 9.88 Å². The summed E-state index contributed by atoms with van der Waals surface area (Å²) >= 11 is 3.49. The van der Waals surface area contributed by atoms with E-state index >= 15 is 0 Å². The molecule has 1 aromatic carbocycles.